The number of rotatable bonds is 5. The zero-order valence-corrected chi connectivity index (χ0v) is 11.2. The standard InChI is InChI=1S/C14H21N3O2/c1-10(8-11-4-6-16-7-5-11)17-14(18)13-3-2-12(9-15)19-13/h4-7,10,12-13H,2-3,8-9,15H2,1H3,(H,17,18)/t10?,12-,13+/m1/s1. The van der Waals surface area contributed by atoms with Gasteiger partial charge in [-0.05, 0) is 43.9 Å². The fourth-order valence-corrected chi connectivity index (χ4v) is 2.33. The van der Waals surface area contributed by atoms with Crippen LogP contribution in [0.15, 0.2) is 24.5 Å². The summed E-state index contributed by atoms with van der Waals surface area (Å²) in [5.41, 5.74) is 6.70. The van der Waals surface area contributed by atoms with E-state index < -0.39 is 0 Å². The number of carbonyl (C=O) groups excluding carboxylic acids is 1. The first-order valence-corrected chi connectivity index (χ1v) is 6.74. The summed E-state index contributed by atoms with van der Waals surface area (Å²) in [7, 11) is 0. The number of hydrogen-bond acceptors (Lipinski definition) is 4. The van der Waals surface area contributed by atoms with Crippen LogP contribution in [0.1, 0.15) is 25.3 Å². The van der Waals surface area contributed by atoms with Crippen molar-refractivity contribution in [1.82, 2.24) is 10.3 Å². The van der Waals surface area contributed by atoms with E-state index in [9.17, 15) is 4.79 Å². The molecule has 5 heteroatoms. The Hall–Kier alpha value is -1.46. The Morgan fingerprint density at radius 3 is 2.89 bits per heavy atom. The number of hydrogen-bond donors (Lipinski definition) is 2. The van der Waals surface area contributed by atoms with E-state index in [-0.39, 0.29) is 24.2 Å². The molecule has 0 aromatic carbocycles. The SMILES string of the molecule is CC(Cc1ccncc1)NC(=O)[C@@H]1CC[C@H](CN)O1. The number of nitrogens with one attached hydrogen (secondary N) is 1. The average Bonchev–Trinajstić information content (AvgIpc) is 2.88. The second-order valence-electron chi connectivity index (χ2n) is 5.03. The largest absolute Gasteiger partial charge is 0.364 e. The zero-order chi connectivity index (χ0) is 13.7. The molecule has 104 valence electrons. The third kappa shape index (κ3) is 4.01. The lowest BCUT2D eigenvalue weighted by atomic mass is 10.1. The van der Waals surface area contributed by atoms with Gasteiger partial charge in [0, 0.05) is 25.0 Å². The first-order valence-electron chi connectivity index (χ1n) is 6.74. The molecule has 1 aromatic rings. The fourth-order valence-electron chi connectivity index (χ4n) is 2.33. The Labute approximate surface area is 113 Å². The van der Waals surface area contributed by atoms with E-state index in [0.29, 0.717) is 6.54 Å². The molecule has 1 aliphatic heterocycles. The van der Waals surface area contributed by atoms with Crippen molar-refractivity contribution in [2.75, 3.05) is 6.54 Å². The zero-order valence-electron chi connectivity index (χ0n) is 11.2. The normalized spacial score (nSPS) is 24.1. The molecule has 3 atom stereocenters. The lowest BCUT2D eigenvalue weighted by Gasteiger charge is -2.17. The quantitative estimate of drug-likeness (QED) is 0.817. The lowest BCUT2D eigenvalue weighted by molar-refractivity contribution is -0.132. The molecule has 1 unspecified atom stereocenters. The monoisotopic (exact) mass is 263 g/mol. The van der Waals surface area contributed by atoms with Crippen molar-refractivity contribution in [1.29, 1.82) is 0 Å². The Morgan fingerprint density at radius 1 is 1.53 bits per heavy atom. The summed E-state index contributed by atoms with van der Waals surface area (Å²) in [5, 5.41) is 2.99. The second kappa shape index (κ2) is 6.63. The van der Waals surface area contributed by atoms with Gasteiger partial charge in [-0.25, -0.2) is 0 Å². The molecule has 1 aliphatic rings. The molecule has 0 spiro atoms. The van der Waals surface area contributed by atoms with Gasteiger partial charge in [0.2, 0.25) is 5.91 Å². The van der Waals surface area contributed by atoms with Crippen LogP contribution in [0, 0.1) is 0 Å². The van der Waals surface area contributed by atoms with Gasteiger partial charge in [-0.3, -0.25) is 9.78 Å². The van der Waals surface area contributed by atoms with E-state index in [0.717, 1.165) is 24.8 Å². The number of nitrogens with zero attached hydrogens (tertiary/aromatic N) is 1. The Balaban J connectivity index is 1.79. The molecule has 2 heterocycles. The van der Waals surface area contributed by atoms with Crippen LogP contribution >= 0.6 is 0 Å². The molecule has 1 aromatic heterocycles. The highest BCUT2D eigenvalue weighted by atomic mass is 16.5. The van der Waals surface area contributed by atoms with E-state index >= 15 is 0 Å². The molecule has 2 rings (SSSR count). The minimum Gasteiger partial charge on any atom is -0.364 e. The summed E-state index contributed by atoms with van der Waals surface area (Å²) in [5.74, 6) is -0.0301. The molecule has 19 heavy (non-hydrogen) atoms. The lowest BCUT2D eigenvalue weighted by Crippen LogP contribution is -2.41. The molecular weight excluding hydrogens is 242 g/mol. The number of ether oxygens (including phenoxy) is 1. The molecule has 1 saturated heterocycles. The van der Waals surface area contributed by atoms with Crippen molar-refractivity contribution in [3.05, 3.63) is 30.1 Å². The highest BCUT2D eigenvalue weighted by Gasteiger charge is 2.30. The van der Waals surface area contributed by atoms with Gasteiger partial charge in [-0.15, -0.1) is 0 Å². The predicted molar refractivity (Wildman–Crippen MR) is 72.5 cm³/mol. The van der Waals surface area contributed by atoms with Crippen LogP contribution in [0.4, 0.5) is 0 Å². The molecule has 1 fully saturated rings. The maximum atomic E-state index is 12.0. The van der Waals surface area contributed by atoms with Crippen LogP contribution in [0.5, 0.6) is 0 Å². The van der Waals surface area contributed by atoms with Crippen molar-refractivity contribution in [2.45, 2.75) is 44.4 Å². The van der Waals surface area contributed by atoms with E-state index in [1.807, 2.05) is 19.1 Å². The van der Waals surface area contributed by atoms with Gasteiger partial charge in [0.25, 0.3) is 0 Å². The summed E-state index contributed by atoms with van der Waals surface area (Å²) >= 11 is 0. The Bertz CT molecular complexity index is 410. The fraction of sp³-hybridized carbons (Fsp3) is 0.571. The van der Waals surface area contributed by atoms with Gasteiger partial charge >= 0.3 is 0 Å². The van der Waals surface area contributed by atoms with Gasteiger partial charge in [0.15, 0.2) is 0 Å². The van der Waals surface area contributed by atoms with Crippen LogP contribution < -0.4 is 11.1 Å². The number of amides is 1. The summed E-state index contributed by atoms with van der Waals surface area (Å²) in [6, 6.07) is 3.99. The first kappa shape index (κ1) is 14.0. The first-order chi connectivity index (χ1) is 9.19. The van der Waals surface area contributed by atoms with Crippen molar-refractivity contribution >= 4 is 5.91 Å². The Morgan fingerprint density at radius 2 is 2.26 bits per heavy atom. The average molecular weight is 263 g/mol. The third-order valence-electron chi connectivity index (χ3n) is 3.34. The predicted octanol–water partition coefficient (Wildman–Crippen LogP) is 0.635. The van der Waals surface area contributed by atoms with Gasteiger partial charge < -0.3 is 15.8 Å². The van der Waals surface area contributed by atoms with Gasteiger partial charge in [0.05, 0.1) is 6.10 Å². The second-order valence-corrected chi connectivity index (χ2v) is 5.03. The smallest absolute Gasteiger partial charge is 0.249 e. The maximum Gasteiger partial charge on any atom is 0.249 e. The van der Waals surface area contributed by atoms with Crippen molar-refractivity contribution < 1.29 is 9.53 Å². The van der Waals surface area contributed by atoms with E-state index in [4.69, 9.17) is 10.5 Å². The van der Waals surface area contributed by atoms with Gasteiger partial charge in [0.1, 0.15) is 6.10 Å². The molecule has 3 N–H and O–H groups in total. The van der Waals surface area contributed by atoms with Crippen LogP contribution in [0.25, 0.3) is 0 Å². The molecule has 0 saturated carbocycles. The maximum absolute atomic E-state index is 12.0. The van der Waals surface area contributed by atoms with E-state index in [2.05, 4.69) is 10.3 Å². The van der Waals surface area contributed by atoms with Crippen LogP contribution in [0.2, 0.25) is 0 Å². The highest BCUT2D eigenvalue weighted by molar-refractivity contribution is 5.81. The summed E-state index contributed by atoms with van der Waals surface area (Å²) < 4.78 is 5.58. The van der Waals surface area contributed by atoms with Crippen LogP contribution in [-0.2, 0) is 16.0 Å². The van der Waals surface area contributed by atoms with Gasteiger partial charge in [-0.2, -0.15) is 0 Å². The topological polar surface area (TPSA) is 77.2 Å². The molecule has 1 amide bonds. The summed E-state index contributed by atoms with van der Waals surface area (Å²) in [6.45, 7) is 2.48. The third-order valence-corrected chi connectivity index (χ3v) is 3.34. The number of nitrogens with two attached hydrogens (primary N) is 1. The number of carbonyl (C=O) groups is 1. The molecule has 0 radical (unpaired) electrons. The Kier molecular flexibility index (Phi) is 4.87. The highest BCUT2D eigenvalue weighted by Crippen LogP contribution is 2.19. The van der Waals surface area contributed by atoms with Crippen molar-refractivity contribution in [2.24, 2.45) is 5.73 Å². The minimum atomic E-state index is -0.339. The van der Waals surface area contributed by atoms with E-state index in [1.165, 1.54) is 0 Å². The molecule has 0 bridgehead atoms. The molecule has 0 aliphatic carbocycles. The van der Waals surface area contributed by atoms with E-state index in [1.54, 1.807) is 12.4 Å². The van der Waals surface area contributed by atoms with Crippen LogP contribution in [0.3, 0.4) is 0 Å². The summed E-state index contributed by atoms with van der Waals surface area (Å²) in [4.78, 5) is 16.0. The molecular formula is C14H21N3O2. The van der Waals surface area contributed by atoms with Crippen molar-refractivity contribution in [3.8, 4) is 0 Å². The molecule has 5 nitrogen and oxygen atoms in total. The van der Waals surface area contributed by atoms with Crippen LogP contribution in [-0.4, -0.2) is 35.7 Å². The van der Waals surface area contributed by atoms with Gasteiger partial charge in [-0.1, -0.05) is 0 Å². The van der Waals surface area contributed by atoms with Crippen molar-refractivity contribution in [3.63, 3.8) is 0 Å². The number of aromatic nitrogens is 1. The summed E-state index contributed by atoms with van der Waals surface area (Å²) in [6.07, 6.45) is 5.63. The number of pyridine rings is 1. The minimum absolute atomic E-state index is 0.0301.